The summed E-state index contributed by atoms with van der Waals surface area (Å²) in [6, 6.07) is 7.17. The van der Waals surface area contributed by atoms with Gasteiger partial charge in [-0.2, -0.15) is 0 Å². The van der Waals surface area contributed by atoms with Crippen molar-refractivity contribution >= 4 is 40.0 Å². The Balaban J connectivity index is 2.34. The van der Waals surface area contributed by atoms with Crippen LogP contribution in [0.4, 0.5) is 5.69 Å². The summed E-state index contributed by atoms with van der Waals surface area (Å²) in [6.45, 7) is 0.629. The van der Waals surface area contributed by atoms with Gasteiger partial charge in [0.05, 0.1) is 11.3 Å². The number of alkyl halides is 1. The molecule has 0 fully saturated rings. The van der Waals surface area contributed by atoms with Crippen molar-refractivity contribution in [3.63, 3.8) is 0 Å². The average Bonchev–Trinajstić information content (AvgIpc) is 2.51. The lowest BCUT2D eigenvalue weighted by atomic mass is 10.1. The van der Waals surface area contributed by atoms with Crippen LogP contribution in [0.5, 0.6) is 0 Å². The van der Waals surface area contributed by atoms with E-state index in [4.69, 9.17) is 0 Å². The summed E-state index contributed by atoms with van der Waals surface area (Å²) in [7, 11) is 0. The molecule has 1 aromatic carbocycles. The van der Waals surface area contributed by atoms with E-state index in [2.05, 4.69) is 22.6 Å². The Labute approximate surface area is 102 Å². The van der Waals surface area contributed by atoms with Gasteiger partial charge in [0, 0.05) is 11.0 Å². The summed E-state index contributed by atoms with van der Waals surface area (Å²) in [6.07, 6.45) is 0.911. The number of para-hydroxylation sites is 1. The third-order valence-corrected chi connectivity index (χ3v) is 3.16. The maximum atomic E-state index is 11.6. The van der Waals surface area contributed by atoms with Gasteiger partial charge in [-0.25, -0.2) is 0 Å². The zero-order valence-corrected chi connectivity index (χ0v) is 10.2. The minimum atomic E-state index is -0.388. The second kappa shape index (κ2) is 4.30. The van der Waals surface area contributed by atoms with Gasteiger partial charge in [0.25, 0.3) is 11.7 Å². The van der Waals surface area contributed by atoms with E-state index in [9.17, 15) is 9.59 Å². The third kappa shape index (κ3) is 1.78. The van der Waals surface area contributed by atoms with E-state index in [-0.39, 0.29) is 11.7 Å². The van der Waals surface area contributed by atoms with E-state index < -0.39 is 0 Å². The maximum absolute atomic E-state index is 11.6. The Kier molecular flexibility index (Phi) is 3.04. The van der Waals surface area contributed by atoms with Gasteiger partial charge in [0.15, 0.2) is 0 Å². The average molecular weight is 315 g/mol. The second-order valence-electron chi connectivity index (χ2n) is 3.35. The fraction of sp³-hybridized carbons (Fsp3) is 0.273. The predicted molar refractivity (Wildman–Crippen MR) is 66.6 cm³/mol. The Morgan fingerprint density at radius 2 is 1.93 bits per heavy atom. The Bertz CT molecular complexity index is 417. The lowest BCUT2D eigenvalue weighted by Gasteiger charge is -2.15. The van der Waals surface area contributed by atoms with Crippen molar-refractivity contribution in [2.45, 2.75) is 6.42 Å². The quantitative estimate of drug-likeness (QED) is 0.486. The number of hydrogen-bond donors (Lipinski definition) is 0. The number of benzene rings is 1. The summed E-state index contributed by atoms with van der Waals surface area (Å²) in [4.78, 5) is 24.8. The van der Waals surface area contributed by atoms with Gasteiger partial charge >= 0.3 is 0 Å². The molecule has 3 nitrogen and oxygen atoms in total. The first kappa shape index (κ1) is 10.6. The number of hydrogen-bond acceptors (Lipinski definition) is 2. The molecule has 1 heterocycles. The Hall–Kier alpha value is -0.910. The van der Waals surface area contributed by atoms with Crippen LogP contribution in [0.2, 0.25) is 0 Å². The minimum Gasteiger partial charge on any atom is -0.305 e. The van der Waals surface area contributed by atoms with E-state index in [1.165, 1.54) is 0 Å². The molecule has 1 aliphatic heterocycles. The highest BCUT2D eigenvalue weighted by Gasteiger charge is 2.34. The van der Waals surface area contributed by atoms with Crippen molar-refractivity contribution in [1.82, 2.24) is 0 Å². The topological polar surface area (TPSA) is 37.4 Å². The molecular formula is C11H10INO2. The fourth-order valence-electron chi connectivity index (χ4n) is 1.69. The zero-order valence-electron chi connectivity index (χ0n) is 8.07. The normalized spacial score (nSPS) is 14.6. The molecule has 15 heavy (non-hydrogen) atoms. The number of fused-ring (bicyclic) bond motifs is 1. The molecule has 4 heteroatoms. The monoisotopic (exact) mass is 315 g/mol. The first-order valence-corrected chi connectivity index (χ1v) is 6.29. The van der Waals surface area contributed by atoms with Gasteiger partial charge in [-0.15, -0.1) is 0 Å². The lowest BCUT2D eigenvalue weighted by molar-refractivity contribution is -0.114. The number of halogens is 1. The second-order valence-corrected chi connectivity index (χ2v) is 4.42. The smallest absolute Gasteiger partial charge is 0.299 e. The SMILES string of the molecule is O=C1C(=O)N(CCCI)c2ccccc21. The van der Waals surface area contributed by atoms with E-state index in [1.54, 1.807) is 17.0 Å². The summed E-state index contributed by atoms with van der Waals surface area (Å²) < 4.78 is 0.984. The van der Waals surface area contributed by atoms with Gasteiger partial charge in [-0.05, 0) is 18.6 Å². The van der Waals surface area contributed by atoms with Gasteiger partial charge in [-0.1, -0.05) is 34.7 Å². The molecule has 1 aliphatic rings. The standard InChI is InChI=1S/C11H10INO2/c12-6-3-7-13-9-5-2-1-4-8(9)10(14)11(13)15/h1-2,4-5H,3,6-7H2. The van der Waals surface area contributed by atoms with Gasteiger partial charge in [0.2, 0.25) is 0 Å². The molecule has 1 aromatic rings. The third-order valence-electron chi connectivity index (χ3n) is 2.39. The number of amides is 1. The number of carbonyl (C=O) groups is 2. The van der Waals surface area contributed by atoms with Gasteiger partial charge in [-0.3, -0.25) is 9.59 Å². The van der Waals surface area contributed by atoms with Crippen LogP contribution < -0.4 is 4.90 Å². The molecule has 0 unspecified atom stereocenters. The van der Waals surface area contributed by atoms with Crippen LogP contribution in [0.3, 0.4) is 0 Å². The van der Waals surface area contributed by atoms with Crippen molar-refractivity contribution in [3.05, 3.63) is 29.8 Å². The summed E-state index contributed by atoms with van der Waals surface area (Å²) in [5.41, 5.74) is 1.30. The minimum absolute atomic E-state index is 0.376. The highest BCUT2D eigenvalue weighted by atomic mass is 127. The molecule has 0 radical (unpaired) electrons. The summed E-state index contributed by atoms with van der Waals surface area (Å²) >= 11 is 2.26. The molecule has 1 amide bonds. The first-order valence-electron chi connectivity index (χ1n) is 4.77. The molecule has 0 bridgehead atoms. The number of carbonyl (C=O) groups excluding carboxylic acids is 2. The van der Waals surface area contributed by atoms with Crippen LogP contribution in [0.1, 0.15) is 16.8 Å². The number of anilines is 1. The molecule has 0 atom stereocenters. The summed E-state index contributed by atoms with van der Waals surface area (Å²) in [5, 5.41) is 0. The highest BCUT2D eigenvalue weighted by Crippen LogP contribution is 2.28. The van der Waals surface area contributed by atoms with Crippen molar-refractivity contribution in [2.24, 2.45) is 0 Å². The van der Waals surface area contributed by atoms with Gasteiger partial charge in [0.1, 0.15) is 0 Å². The fourth-order valence-corrected chi connectivity index (χ4v) is 2.03. The molecule has 0 N–H and O–H groups in total. The van der Waals surface area contributed by atoms with Crippen LogP contribution >= 0.6 is 22.6 Å². The molecule has 0 saturated heterocycles. The van der Waals surface area contributed by atoms with Crippen molar-refractivity contribution in [2.75, 3.05) is 15.9 Å². The zero-order chi connectivity index (χ0) is 10.8. The van der Waals surface area contributed by atoms with E-state index in [0.29, 0.717) is 12.1 Å². The maximum Gasteiger partial charge on any atom is 0.299 e. The summed E-state index contributed by atoms with van der Waals surface area (Å²) in [5.74, 6) is -0.764. The molecule has 78 valence electrons. The number of nitrogens with zero attached hydrogens (tertiary/aromatic N) is 1. The largest absolute Gasteiger partial charge is 0.305 e. The van der Waals surface area contributed by atoms with Crippen molar-refractivity contribution in [3.8, 4) is 0 Å². The van der Waals surface area contributed by atoms with Crippen LogP contribution in [0, 0.1) is 0 Å². The molecule has 0 aromatic heterocycles. The molecular weight excluding hydrogens is 305 g/mol. The molecule has 0 aliphatic carbocycles. The lowest BCUT2D eigenvalue weighted by Crippen LogP contribution is -2.30. The number of rotatable bonds is 3. The first-order chi connectivity index (χ1) is 7.25. The number of ketones is 1. The molecule has 2 rings (SSSR count). The molecule has 0 spiro atoms. The van der Waals surface area contributed by atoms with Crippen LogP contribution in [0.25, 0.3) is 0 Å². The van der Waals surface area contributed by atoms with Crippen LogP contribution in [-0.2, 0) is 4.79 Å². The number of Topliss-reactive ketones (excluding diaryl/α,β-unsaturated/α-hetero) is 1. The predicted octanol–water partition coefficient (Wildman–Crippen LogP) is 2.04. The van der Waals surface area contributed by atoms with Crippen molar-refractivity contribution in [1.29, 1.82) is 0 Å². The highest BCUT2D eigenvalue weighted by molar-refractivity contribution is 14.1. The van der Waals surface area contributed by atoms with E-state index in [0.717, 1.165) is 16.5 Å². The Morgan fingerprint density at radius 3 is 2.67 bits per heavy atom. The van der Waals surface area contributed by atoms with Crippen LogP contribution in [-0.4, -0.2) is 22.7 Å². The van der Waals surface area contributed by atoms with Crippen molar-refractivity contribution < 1.29 is 9.59 Å². The van der Waals surface area contributed by atoms with E-state index >= 15 is 0 Å². The Morgan fingerprint density at radius 1 is 1.20 bits per heavy atom. The van der Waals surface area contributed by atoms with Crippen LogP contribution in [0.15, 0.2) is 24.3 Å². The molecule has 0 saturated carbocycles. The van der Waals surface area contributed by atoms with E-state index in [1.807, 2.05) is 12.1 Å². The van der Waals surface area contributed by atoms with Gasteiger partial charge < -0.3 is 4.90 Å².